The number of primary amides is 1. The number of benzene rings is 2. The fraction of sp³-hybridized carbons (Fsp3) is 0.500. The molecule has 1 heterocycles. The van der Waals surface area contributed by atoms with Crippen molar-refractivity contribution >= 4 is 11.8 Å². The van der Waals surface area contributed by atoms with Gasteiger partial charge in [0.05, 0.1) is 11.1 Å². The third-order valence-electron chi connectivity index (χ3n) is 7.96. The maximum absolute atomic E-state index is 13.3. The molecule has 0 radical (unpaired) electrons. The van der Waals surface area contributed by atoms with Gasteiger partial charge in [-0.05, 0) is 63.6 Å². The van der Waals surface area contributed by atoms with E-state index in [0.29, 0.717) is 5.56 Å². The number of nitrogens with two attached hydrogens (primary N) is 1. The van der Waals surface area contributed by atoms with Crippen molar-refractivity contribution in [2.75, 3.05) is 0 Å². The van der Waals surface area contributed by atoms with Crippen molar-refractivity contribution in [1.82, 2.24) is 10.4 Å². The van der Waals surface area contributed by atoms with Crippen molar-refractivity contribution in [1.29, 1.82) is 0 Å². The minimum absolute atomic E-state index is 0.0878. The molecule has 1 aliphatic rings. The van der Waals surface area contributed by atoms with Crippen molar-refractivity contribution in [2.45, 2.75) is 84.0 Å². The van der Waals surface area contributed by atoms with Gasteiger partial charge in [0.15, 0.2) is 0 Å². The zero-order valence-electron chi connectivity index (χ0n) is 21.3. The Hall–Kier alpha value is -2.70. The van der Waals surface area contributed by atoms with Gasteiger partial charge in [0, 0.05) is 17.1 Å². The van der Waals surface area contributed by atoms with Crippen molar-refractivity contribution in [3.8, 4) is 0 Å². The normalized spacial score (nSPS) is 28.3. The Labute approximate surface area is 203 Å². The van der Waals surface area contributed by atoms with Crippen LogP contribution in [0.4, 0.5) is 0 Å². The van der Waals surface area contributed by atoms with Crippen molar-refractivity contribution in [2.24, 2.45) is 11.7 Å². The van der Waals surface area contributed by atoms with Crippen LogP contribution in [0.15, 0.2) is 54.6 Å². The molecule has 6 nitrogen and oxygen atoms in total. The van der Waals surface area contributed by atoms with E-state index in [4.69, 9.17) is 10.6 Å². The third-order valence-corrected chi connectivity index (χ3v) is 7.96. The van der Waals surface area contributed by atoms with E-state index in [2.05, 4.69) is 64.1 Å². The number of hydrogen-bond donors (Lipinski definition) is 2. The molecule has 5 atom stereocenters. The molecule has 34 heavy (non-hydrogen) atoms. The highest BCUT2D eigenvalue weighted by Gasteiger charge is 2.54. The summed E-state index contributed by atoms with van der Waals surface area (Å²) >= 11 is 0. The SMILES string of the molecule is CCC1(C)CC(NC(=O)c2ccccc2C(N)=O)C(C)C(C)(CC)N1OC(C)c1ccccc1. The summed E-state index contributed by atoms with van der Waals surface area (Å²) in [6.45, 7) is 13.0. The largest absolute Gasteiger partial charge is 0.366 e. The number of hydrogen-bond acceptors (Lipinski definition) is 4. The molecular formula is C28H39N3O3. The second-order valence-corrected chi connectivity index (χ2v) is 10.00. The van der Waals surface area contributed by atoms with Crippen LogP contribution in [0.3, 0.4) is 0 Å². The summed E-state index contributed by atoms with van der Waals surface area (Å²) in [5, 5.41) is 5.45. The lowest BCUT2D eigenvalue weighted by atomic mass is 9.68. The molecule has 1 aliphatic heterocycles. The van der Waals surface area contributed by atoms with E-state index in [-0.39, 0.29) is 40.6 Å². The van der Waals surface area contributed by atoms with Crippen molar-refractivity contribution in [3.63, 3.8) is 0 Å². The van der Waals surface area contributed by atoms with Crippen LogP contribution in [0, 0.1) is 5.92 Å². The third kappa shape index (κ3) is 4.89. The summed E-state index contributed by atoms with van der Waals surface area (Å²) < 4.78 is 0. The van der Waals surface area contributed by atoms with Crippen LogP contribution in [0.1, 0.15) is 93.2 Å². The van der Waals surface area contributed by atoms with Crippen LogP contribution < -0.4 is 11.1 Å². The fourth-order valence-corrected chi connectivity index (χ4v) is 5.23. The lowest BCUT2D eigenvalue weighted by Gasteiger charge is -2.60. The van der Waals surface area contributed by atoms with Gasteiger partial charge in [-0.25, -0.2) is 0 Å². The minimum Gasteiger partial charge on any atom is -0.366 e. The van der Waals surface area contributed by atoms with E-state index in [1.165, 1.54) is 0 Å². The van der Waals surface area contributed by atoms with Crippen LogP contribution in [-0.4, -0.2) is 34.0 Å². The first-order chi connectivity index (χ1) is 16.1. The molecule has 2 aromatic carbocycles. The molecule has 0 aromatic heterocycles. The Balaban J connectivity index is 1.90. The quantitative estimate of drug-likeness (QED) is 0.557. The van der Waals surface area contributed by atoms with Crippen LogP contribution in [-0.2, 0) is 4.84 Å². The van der Waals surface area contributed by atoms with Crippen LogP contribution >= 0.6 is 0 Å². The maximum atomic E-state index is 13.3. The molecule has 6 heteroatoms. The highest BCUT2D eigenvalue weighted by atomic mass is 16.7. The molecule has 184 valence electrons. The van der Waals surface area contributed by atoms with E-state index in [1.807, 2.05) is 18.2 Å². The first kappa shape index (κ1) is 25.9. The van der Waals surface area contributed by atoms with Crippen LogP contribution in [0.25, 0.3) is 0 Å². The molecule has 0 spiro atoms. The second-order valence-electron chi connectivity index (χ2n) is 10.00. The molecule has 5 unspecified atom stereocenters. The number of rotatable bonds is 8. The zero-order valence-corrected chi connectivity index (χ0v) is 21.3. The Kier molecular flexibility index (Phi) is 7.84. The fourth-order valence-electron chi connectivity index (χ4n) is 5.23. The standard InChI is InChI=1S/C28H39N3O3/c1-7-27(5)18-24(30-26(33)23-17-13-12-16-22(23)25(29)32)19(3)28(6,8-2)31(27)34-20(4)21-14-10-9-11-15-21/h9-17,19-20,24H,7-8,18H2,1-6H3,(H2,29,32)(H,30,33). The van der Waals surface area contributed by atoms with E-state index in [1.54, 1.807) is 24.3 Å². The van der Waals surface area contributed by atoms with Gasteiger partial charge in [-0.1, -0.05) is 63.2 Å². The summed E-state index contributed by atoms with van der Waals surface area (Å²) in [6, 6.07) is 16.9. The molecule has 1 fully saturated rings. The summed E-state index contributed by atoms with van der Waals surface area (Å²) in [5.41, 5.74) is 6.59. The summed E-state index contributed by atoms with van der Waals surface area (Å²) in [6.07, 6.45) is 2.35. The van der Waals surface area contributed by atoms with Gasteiger partial charge in [0.25, 0.3) is 5.91 Å². The average molecular weight is 466 g/mol. The second kappa shape index (κ2) is 10.3. The van der Waals surface area contributed by atoms with Crippen LogP contribution in [0.5, 0.6) is 0 Å². The number of piperidine rings is 1. The predicted octanol–water partition coefficient (Wildman–Crippen LogP) is 5.26. The van der Waals surface area contributed by atoms with Gasteiger partial charge in [-0.3, -0.25) is 14.4 Å². The topological polar surface area (TPSA) is 84.7 Å². The molecule has 1 saturated heterocycles. The van der Waals surface area contributed by atoms with Crippen molar-refractivity contribution < 1.29 is 14.4 Å². The van der Waals surface area contributed by atoms with E-state index < -0.39 is 5.91 Å². The molecule has 0 bridgehead atoms. The number of carbonyl (C=O) groups excluding carboxylic acids is 2. The van der Waals surface area contributed by atoms with Crippen molar-refractivity contribution in [3.05, 3.63) is 71.3 Å². The molecule has 3 rings (SSSR count). The van der Waals surface area contributed by atoms with Gasteiger partial charge >= 0.3 is 0 Å². The Bertz CT molecular complexity index is 1010. The highest BCUT2D eigenvalue weighted by molar-refractivity contribution is 6.06. The van der Waals surface area contributed by atoms with Gasteiger partial charge in [-0.2, -0.15) is 5.06 Å². The summed E-state index contributed by atoms with van der Waals surface area (Å²) in [7, 11) is 0. The highest BCUT2D eigenvalue weighted by Crippen LogP contribution is 2.47. The first-order valence-corrected chi connectivity index (χ1v) is 12.3. The molecule has 3 N–H and O–H groups in total. The van der Waals surface area contributed by atoms with Gasteiger partial charge < -0.3 is 11.1 Å². The molecular weight excluding hydrogens is 426 g/mol. The monoisotopic (exact) mass is 465 g/mol. The molecule has 2 aromatic rings. The zero-order chi connectivity index (χ0) is 25.1. The number of nitrogens with one attached hydrogen (secondary N) is 1. The Morgan fingerprint density at radius 2 is 1.65 bits per heavy atom. The van der Waals surface area contributed by atoms with E-state index >= 15 is 0 Å². The van der Waals surface area contributed by atoms with E-state index in [9.17, 15) is 9.59 Å². The van der Waals surface area contributed by atoms with E-state index in [0.717, 1.165) is 24.8 Å². The van der Waals surface area contributed by atoms with Gasteiger partial charge in [0.2, 0.25) is 5.91 Å². The van der Waals surface area contributed by atoms with Gasteiger partial charge in [-0.15, -0.1) is 0 Å². The number of amides is 2. The Morgan fingerprint density at radius 3 is 2.21 bits per heavy atom. The number of nitrogens with zero attached hydrogens (tertiary/aromatic N) is 1. The summed E-state index contributed by atoms with van der Waals surface area (Å²) in [4.78, 5) is 31.8. The van der Waals surface area contributed by atoms with Crippen LogP contribution in [0.2, 0.25) is 0 Å². The predicted molar refractivity (Wildman–Crippen MR) is 135 cm³/mol. The number of carbonyl (C=O) groups is 2. The molecule has 0 saturated carbocycles. The Morgan fingerprint density at radius 1 is 1.06 bits per heavy atom. The lowest BCUT2D eigenvalue weighted by Crippen LogP contribution is -2.70. The van der Waals surface area contributed by atoms with Gasteiger partial charge in [0.1, 0.15) is 6.10 Å². The first-order valence-electron chi connectivity index (χ1n) is 12.3. The summed E-state index contributed by atoms with van der Waals surface area (Å²) in [5.74, 6) is -0.770. The lowest BCUT2D eigenvalue weighted by molar-refractivity contribution is -0.327. The average Bonchev–Trinajstić information content (AvgIpc) is 2.85. The number of hydroxylamine groups is 2. The minimum atomic E-state index is -0.603. The molecule has 0 aliphatic carbocycles. The molecule has 2 amide bonds. The smallest absolute Gasteiger partial charge is 0.252 e. The maximum Gasteiger partial charge on any atom is 0.252 e.